The smallest absolute Gasteiger partial charge is 0.328 e. The number of urea groups is 2. The summed E-state index contributed by atoms with van der Waals surface area (Å²) in [6.07, 6.45) is 0.352. The molecule has 4 amide bonds. The second-order valence-electron chi connectivity index (χ2n) is 6.86. The van der Waals surface area contributed by atoms with Crippen LogP contribution < -0.4 is 20.7 Å². The van der Waals surface area contributed by atoms with Gasteiger partial charge in [0, 0.05) is 18.5 Å². The van der Waals surface area contributed by atoms with E-state index in [1.54, 1.807) is 13.8 Å². The minimum absolute atomic E-state index is 0.0902. The highest BCUT2D eigenvalue weighted by molar-refractivity contribution is 5.96. The Kier molecular flexibility index (Phi) is 5.63. The molecule has 2 heterocycles. The molecule has 2 fully saturated rings. The zero-order valence-electron chi connectivity index (χ0n) is 15.3. The van der Waals surface area contributed by atoms with Crippen LogP contribution in [0.1, 0.15) is 38.8 Å². The Labute approximate surface area is 153 Å². The van der Waals surface area contributed by atoms with Crippen LogP contribution in [0.15, 0.2) is 24.3 Å². The molecular weight excluding hydrogens is 336 g/mol. The SMILES string of the molecule is CC(C)N1C(=O)NC(N[C@@H](C)c2cccc(OC3CCOC3)c2)NC1=O. The molecular formula is C18H26N4O4. The van der Waals surface area contributed by atoms with Crippen LogP contribution in [0.5, 0.6) is 5.75 Å². The van der Waals surface area contributed by atoms with Crippen molar-refractivity contribution in [3.8, 4) is 5.75 Å². The first-order valence-corrected chi connectivity index (χ1v) is 8.94. The lowest BCUT2D eigenvalue weighted by Gasteiger charge is -2.36. The van der Waals surface area contributed by atoms with E-state index in [0.29, 0.717) is 6.61 Å². The van der Waals surface area contributed by atoms with Gasteiger partial charge in [0.2, 0.25) is 0 Å². The predicted molar refractivity (Wildman–Crippen MR) is 95.7 cm³/mol. The monoisotopic (exact) mass is 362 g/mol. The molecule has 0 aliphatic carbocycles. The molecule has 0 radical (unpaired) electrons. The first-order chi connectivity index (χ1) is 12.4. The third kappa shape index (κ3) is 4.25. The molecule has 8 heteroatoms. The molecule has 0 saturated carbocycles. The topological polar surface area (TPSA) is 91.9 Å². The third-order valence-electron chi connectivity index (χ3n) is 4.46. The van der Waals surface area contributed by atoms with Crippen LogP contribution in [0.2, 0.25) is 0 Å². The van der Waals surface area contributed by atoms with Gasteiger partial charge in [-0.05, 0) is 38.5 Å². The molecule has 3 N–H and O–H groups in total. The lowest BCUT2D eigenvalue weighted by atomic mass is 10.1. The largest absolute Gasteiger partial charge is 0.488 e. The summed E-state index contributed by atoms with van der Waals surface area (Å²) in [6.45, 7) is 6.89. The van der Waals surface area contributed by atoms with Crippen molar-refractivity contribution in [3.05, 3.63) is 29.8 Å². The van der Waals surface area contributed by atoms with E-state index in [9.17, 15) is 9.59 Å². The van der Waals surface area contributed by atoms with Crippen molar-refractivity contribution in [2.45, 2.75) is 51.7 Å². The molecule has 1 aromatic rings. The molecule has 26 heavy (non-hydrogen) atoms. The highest BCUT2D eigenvalue weighted by atomic mass is 16.5. The summed E-state index contributed by atoms with van der Waals surface area (Å²) in [4.78, 5) is 25.4. The van der Waals surface area contributed by atoms with Crippen molar-refractivity contribution in [1.29, 1.82) is 0 Å². The van der Waals surface area contributed by atoms with Gasteiger partial charge in [-0.25, -0.2) is 14.5 Å². The third-order valence-corrected chi connectivity index (χ3v) is 4.46. The lowest BCUT2D eigenvalue weighted by molar-refractivity contribution is 0.141. The van der Waals surface area contributed by atoms with Gasteiger partial charge >= 0.3 is 12.1 Å². The second kappa shape index (κ2) is 7.92. The number of nitrogens with one attached hydrogen (secondary N) is 3. The van der Waals surface area contributed by atoms with Crippen LogP contribution in [-0.4, -0.2) is 48.6 Å². The van der Waals surface area contributed by atoms with E-state index in [4.69, 9.17) is 9.47 Å². The van der Waals surface area contributed by atoms with Crippen LogP contribution >= 0.6 is 0 Å². The normalized spacial score (nSPS) is 22.3. The van der Waals surface area contributed by atoms with Gasteiger partial charge in [0.05, 0.1) is 13.2 Å². The molecule has 0 spiro atoms. The van der Waals surface area contributed by atoms with E-state index >= 15 is 0 Å². The van der Waals surface area contributed by atoms with E-state index in [-0.39, 0.29) is 18.2 Å². The van der Waals surface area contributed by atoms with Crippen molar-refractivity contribution in [3.63, 3.8) is 0 Å². The molecule has 0 bridgehead atoms. The summed E-state index contributed by atoms with van der Waals surface area (Å²) in [5, 5.41) is 8.70. The summed E-state index contributed by atoms with van der Waals surface area (Å²) in [6, 6.07) is 6.65. The molecule has 2 aliphatic heterocycles. The minimum atomic E-state index is -0.632. The van der Waals surface area contributed by atoms with Crippen molar-refractivity contribution in [1.82, 2.24) is 20.9 Å². The van der Waals surface area contributed by atoms with Gasteiger partial charge in [-0.1, -0.05) is 12.1 Å². The quantitative estimate of drug-likeness (QED) is 0.719. The van der Waals surface area contributed by atoms with Gasteiger partial charge in [-0.2, -0.15) is 0 Å². The zero-order chi connectivity index (χ0) is 18.7. The first kappa shape index (κ1) is 18.5. The number of benzene rings is 1. The number of hydrogen-bond donors (Lipinski definition) is 3. The predicted octanol–water partition coefficient (Wildman–Crippen LogP) is 1.93. The van der Waals surface area contributed by atoms with Crippen molar-refractivity contribution >= 4 is 12.1 Å². The summed E-state index contributed by atoms with van der Waals surface area (Å²) in [7, 11) is 0. The van der Waals surface area contributed by atoms with Crippen LogP contribution in [-0.2, 0) is 4.74 Å². The minimum Gasteiger partial charge on any atom is -0.488 e. The molecule has 2 atom stereocenters. The number of ether oxygens (including phenoxy) is 2. The Bertz CT molecular complexity index is 642. The van der Waals surface area contributed by atoms with Crippen LogP contribution in [0.3, 0.4) is 0 Å². The Morgan fingerprint density at radius 1 is 1.23 bits per heavy atom. The van der Waals surface area contributed by atoms with Gasteiger partial charge in [0.1, 0.15) is 11.9 Å². The fourth-order valence-corrected chi connectivity index (χ4v) is 3.07. The Balaban J connectivity index is 1.60. The average molecular weight is 362 g/mol. The molecule has 2 aliphatic rings. The lowest BCUT2D eigenvalue weighted by Crippen LogP contribution is -2.69. The van der Waals surface area contributed by atoms with Crippen molar-refractivity contribution < 1.29 is 19.1 Å². The van der Waals surface area contributed by atoms with E-state index in [2.05, 4.69) is 16.0 Å². The summed E-state index contributed by atoms with van der Waals surface area (Å²) >= 11 is 0. The Hall–Kier alpha value is -2.32. The van der Waals surface area contributed by atoms with Gasteiger partial charge in [-0.3, -0.25) is 5.32 Å². The molecule has 0 aromatic heterocycles. The van der Waals surface area contributed by atoms with Gasteiger partial charge in [-0.15, -0.1) is 0 Å². The Morgan fingerprint density at radius 3 is 2.58 bits per heavy atom. The molecule has 1 unspecified atom stereocenters. The van der Waals surface area contributed by atoms with Crippen molar-refractivity contribution in [2.75, 3.05) is 13.2 Å². The number of carbonyl (C=O) groups is 2. The van der Waals surface area contributed by atoms with E-state index < -0.39 is 18.4 Å². The highest BCUT2D eigenvalue weighted by Gasteiger charge is 2.33. The standard InChI is InChI=1S/C18H26N4O4/c1-11(2)22-17(23)20-16(21-18(22)24)19-12(3)13-5-4-6-14(9-13)26-15-7-8-25-10-15/h4-6,9,11-12,15-16,19H,7-8,10H2,1-3H3,(H,20,23)(H,21,24)/t12-,15?/m0/s1. The fraction of sp³-hybridized carbons (Fsp3) is 0.556. The summed E-state index contributed by atoms with van der Waals surface area (Å²) < 4.78 is 11.3. The summed E-state index contributed by atoms with van der Waals surface area (Å²) in [5.74, 6) is 0.786. The number of imide groups is 1. The number of nitrogens with zero attached hydrogens (tertiary/aromatic N) is 1. The molecule has 142 valence electrons. The molecule has 8 nitrogen and oxygen atoms in total. The van der Waals surface area contributed by atoms with Gasteiger partial charge < -0.3 is 20.1 Å². The zero-order valence-corrected chi connectivity index (χ0v) is 15.3. The highest BCUT2D eigenvalue weighted by Crippen LogP contribution is 2.22. The second-order valence-corrected chi connectivity index (χ2v) is 6.86. The fourth-order valence-electron chi connectivity index (χ4n) is 3.07. The number of carbonyl (C=O) groups excluding carboxylic acids is 2. The van der Waals surface area contributed by atoms with Crippen LogP contribution in [0.4, 0.5) is 9.59 Å². The van der Waals surface area contributed by atoms with Crippen LogP contribution in [0.25, 0.3) is 0 Å². The number of amides is 4. The number of hydrogen-bond acceptors (Lipinski definition) is 5. The molecule has 2 saturated heterocycles. The summed E-state index contributed by atoms with van der Waals surface area (Å²) in [5.41, 5.74) is 0.996. The first-order valence-electron chi connectivity index (χ1n) is 8.94. The maximum Gasteiger partial charge on any atom is 0.328 e. The van der Waals surface area contributed by atoms with Gasteiger partial charge in [0.25, 0.3) is 0 Å². The molecule has 1 aromatic carbocycles. The van der Waals surface area contributed by atoms with E-state index in [1.165, 1.54) is 0 Å². The number of rotatable bonds is 6. The average Bonchev–Trinajstić information content (AvgIpc) is 3.07. The van der Waals surface area contributed by atoms with E-state index in [0.717, 1.165) is 29.2 Å². The maximum atomic E-state index is 12.1. The van der Waals surface area contributed by atoms with Gasteiger partial charge in [0.15, 0.2) is 6.29 Å². The van der Waals surface area contributed by atoms with Crippen molar-refractivity contribution in [2.24, 2.45) is 0 Å². The van der Waals surface area contributed by atoms with Crippen LogP contribution in [0, 0.1) is 0 Å². The van der Waals surface area contributed by atoms with E-state index in [1.807, 2.05) is 31.2 Å². The molecule has 3 rings (SSSR count). The maximum absolute atomic E-state index is 12.1. The Morgan fingerprint density at radius 2 is 1.96 bits per heavy atom.